The Morgan fingerprint density at radius 3 is 2.56 bits per heavy atom. The average Bonchev–Trinajstić information content (AvgIpc) is 3.14. The molecule has 1 aliphatic rings. The molecule has 0 aliphatic carbocycles. The van der Waals surface area contributed by atoms with E-state index in [-0.39, 0.29) is 18.8 Å². The van der Waals surface area contributed by atoms with Gasteiger partial charge in [0.2, 0.25) is 0 Å². The average molecular weight is 499 g/mol. The van der Waals surface area contributed by atoms with Crippen molar-refractivity contribution in [1.29, 1.82) is 0 Å². The van der Waals surface area contributed by atoms with Crippen LogP contribution in [0.15, 0.2) is 69.6 Å². The Morgan fingerprint density at radius 1 is 1.15 bits per heavy atom. The first kappa shape index (κ1) is 23.9. The van der Waals surface area contributed by atoms with Gasteiger partial charge < -0.3 is 14.2 Å². The summed E-state index contributed by atoms with van der Waals surface area (Å²) in [7, 11) is 3.11. The van der Waals surface area contributed by atoms with Crippen LogP contribution in [0.25, 0.3) is 6.08 Å². The number of thiazole rings is 1. The lowest BCUT2D eigenvalue weighted by atomic mass is 9.96. The third-order valence-corrected chi connectivity index (χ3v) is 6.71. The van der Waals surface area contributed by atoms with E-state index in [4.69, 9.17) is 25.8 Å². The largest absolute Gasteiger partial charge is 0.497 e. The first-order chi connectivity index (χ1) is 16.4. The highest BCUT2D eigenvalue weighted by molar-refractivity contribution is 7.07. The summed E-state index contributed by atoms with van der Waals surface area (Å²) in [5, 5.41) is 0.540. The van der Waals surface area contributed by atoms with Crippen molar-refractivity contribution < 1.29 is 19.0 Å². The first-order valence-corrected chi connectivity index (χ1v) is 11.7. The summed E-state index contributed by atoms with van der Waals surface area (Å²) < 4.78 is 17.7. The second-order valence-electron chi connectivity index (χ2n) is 7.51. The van der Waals surface area contributed by atoms with E-state index in [1.165, 1.54) is 23.0 Å². The molecule has 2 heterocycles. The fraction of sp³-hybridized carbons (Fsp3) is 0.240. The number of carbonyl (C=O) groups is 1. The van der Waals surface area contributed by atoms with Crippen molar-refractivity contribution in [2.75, 3.05) is 27.4 Å². The van der Waals surface area contributed by atoms with Crippen molar-refractivity contribution in [1.82, 2.24) is 4.57 Å². The number of allylic oxidation sites excluding steroid dienone is 1. The molecule has 0 radical (unpaired) electrons. The number of fused-ring (bicyclic) bond motifs is 1. The van der Waals surface area contributed by atoms with Gasteiger partial charge in [0.15, 0.2) is 4.80 Å². The molecule has 1 aliphatic heterocycles. The third-order valence-electron chi connectivity index (χ3n) is 5.39. The molecule has 1 atom stereocenters. The van der Waals surface area contributed by atoms with Crippen molar-refractivity contribution in [3.63, 3.8) is 0 Å². The zero-order valence-electron chi connectivity index (χ0n) is 18.9. The number of esters is 1. The molecule has 3 aromatic rings. The van der Waals surface area contributed by atoms with E-state index in [0.29, 0.717) is 31.4 Å². The molecule has 4 rings (SSSR count). The fourth-order valence-corrected chi connectivity index (χ4v) is 4.94. The summed E-state index contributed by atoms with van der Waals surface area (Å²) in [4.78, 5) is 31.8. The Morgan fingerprint density at radius 2 is 1.88 bits per heavy atom. The Hall–Kier alpha value is -3.20. The molecule has 176 valence electrons. The molecule has 2 aromatic carbocycles. The Bertz CT molecular complexity index is 1420. The summed E-state index contributed by atoms with van der Waals surface area (Å²) in [5.41, 5.74) is 2.00. The van der Waals surface area contributed by atoms with E-state index in [1.54, 1.807) is 38.3 Å². The highest BCUT2D eigenvalue weighted by Gasteiger charge is 2.33. The zero-order valence-corrected chi connectivity index (χ0v) is 20.5. The maximum Gasteiger partial charge on any atom is 0.338 e. The molecule has 0 unspecified atom stereocenters. The van der Waals surface area contributed by atoms with Crippen molar-refractivity contribution in [2.24, 2.45) is 4.99 Å². The zero-order chi connectivity index (χ0) is 24.2. The van der Waals surface area contributed by atoms with Crippen LogP contribution in [-0.2, 0) is 14.3 Å². The summed E-state index contributed by atoms with van der Waals surface area (Å²) in [6, 6.07) is 13.8. The summed E-state index contributed by atoms with van der Waals surface area (Å²) in [6.07, 6.45) is 1.74. The van der Waals surface area contributed by atoms with Crippen LogP contribution in [0.4, 0.5) is 0 Å². The SMILES string of the molecule is COCCOC(=O)C1=C(C)N=c2s/c(=C\c3ccccc3Cl)c(=O)n2[C@@H]1c1ccc(OC)cc1. The van der Waals surface area contributed by atoms with Crippen LogP contribution < -0.4 is 19.6 Å². The van der Waals surface area contributed by atoms with Crippen LogP contribution in [0.2, 0.25) is 5.02 Å². The van der Waals surface area contributed by atoms with E-state index in [2.05, 4.69) is 4.99 Å². The summed E-state index contributed by atoms with van der Waals surface area (Å²) in [6.45, 7) is 2.11. The first-order valence-electron chi connectivity index (χ1n) is 10.5. The van der Waals surface area contributed by atoms with Gasteiger partial charge in [-0.3, -0.25) is 9.36 Å². The van der Waals surface area contributed by atoms with Gasteiger partial charge in [0.1, 0.15) is 12.4 Å². The van der Waals surface area contributed by atoms with E-state index in [0.717, 1.165) is 11.1 Å². The van der Waals surface area contributed by atoms with Gasteiger partial charge in [0.25, 0.3) is 5.56 Å². The molecule has 34 heavy (non-hydrogen) atoms. The topological polar surface area (TPSA) is 79.1 Å². The number of benzene rings is 2. The minimum absolute atomic E-state index is 0.0956. The number of hydrogen-bond acceptors (Lipinski definition) is 7. The minimum atomic E-state index is -0.703. The van der Waals surface area contributed by atoms with E-state index >= 15 is 0 Å². The molecule has 0 saturated heterocycles. The number of rotatable bonds is 7. The van der Waals surface area contributed by atoms with Gasteiger partial charge in [-0.05, 0) is 42.3 Å². The van der Waals surface area contributed by atoms with Crippen LogP contribution in [0.1, 0.15) is 24.1 Å². The van der Waals surface area contributed by atoms with Crippen LogP contribution in [0.3, 0.4) is 0 Å². The van der Waals surface area contributed by atoms with Crippen LogP contribution in [0, 0.1) is 0 Å². The molecule has 0 spiro atoms. The molecular weight excluding hydrogens is 476 g/mol. The van der Waals surface area contributed by atoms with Gasteiger partial charge in [-0.15, -0.1) is 0 Å². The van der Waals surface area contributed by atoms with E-state index in [9.17, 15) is 9.59 Å². The summed E-state index contributed by atoms with van der Waals surface area (Å²) >= 11 is 7.55. The highest BCUT2D eigenvalue weighted by atomic mass is 35.5. The van der Waals surface area contributed by atoms with Gasteiger partial charge >= 0.3 is 5.97 Å². The maximum atomic E-state index is 13.6. The Kier molecular flexibility index (Phi) is 7.31. The normalized spacial score (nSPS) is 15.6. The minimum Gasteiger partial charge on any atom is -0.497 e. The van der Waals surface area contributed by atoms with Crippen LogP contribution >= 0.6 is 22.9 Å². The lowest BCUT2D eigenvalue weighted by Gasteiger charge is -2.25. The van der Waals surface area contributed by atoms with Gasteiger partial charge in [-0.25, -0.2) is 9.79 Å². The number of hydrogen-bond donors (Lipinski definition) is 0. The molecule has 0 fully saturated rings. The second-order valence-corrected chi connectivity index (χ2v) is 8.92. The predicted molar refractivity (Wildman–Crippen MR) is 131 cm³/mol. The van der Waals surface area contributed by atoms with Gasteiger partial charge in [0.05, 0.1) is 35.6 Å². The number of ether oxygens (including phenoxy) is 3. The van der Waals surface area contributed by atoms with E-state index < -0.39 is 12.0 Å². The number of carbonyl (C=O) groups excluding carboxylic acids is 1. The quantitative estimate of drug-likeness (QED) is 0.369. The molecular formula is C25H23ClN2O5S. The summed E-state index contributed by atoms with van der Waals surface area (Å²) in [5.74, 6) is 0.124. The van der Waals surface area contributed by atoms with E-state index in [1.807, 2.05) is 30.3 Å². The lowest BCUT2D eigenvalue weighted by molar-refractivity contribution is -0.140. The third kappa shape index (κ3) is 4.70. The number of halogens is 1. The molecule has 0 saturated carbocycles. The smallest absolute Gasteiger partial charge is 0.338 e. The second kappa shape index (κ2) is 10.4. The number of methoxy groups -OCH3 is 2. The van der Waals surface area contributed by atoms with Crippen LogP contribution in [-0.4, -0.2) is 38.0 Å². The lowest BCUT2D eigenvalue weighted by Crippen LogP contribution is -2.40. The van der Waals surface area contributed by atoms with Gasteiger partial charge in [0, 0.05) is 12.1 Å². The standard InChI is InChI=1S/C25H23ClN2O5S/c1-15-21(24(30)33-13-12-31-2)22(16-8-10-18(32-3)11-9-16)28-23(29)20(34-25(28)27-15)14-17-6-4-5-7-19(17)26/h4-11,14,22H,12-13H2,1-3H3/b20-14-/t22-/m1/s1. The van der Waals surface area contributed by atoms with Crippen molar-refractivity contribution in [2.45, 2.75) is 13.0 Å². The maximum absolute atomic E-state index is 13.6. The number of aromatic nitrogens is 1. The van der Waals surface area contributed by atoms with Gasteiger partial charge in [-0.1, -0.05) is 53.3 Å². The highest BCUT2D eigenvalue weighted by Crippen LogP contribution is 2.31. The molecule has 1 aromatic heterocycles. The van der Waals surface area contributed by atoms with Crippen molar-refractivity contribution in [3.8, 4) is 5.75 Å². The predicted octanol–water partition coefficient (Wildman–Crippen LogP) is 3.09. The van der Waals surface area contributed by atoms with Crippen molar-refractivity contribution >= 4 is 35.0 Å². The Labute approximate surface area is 205 Å². The molecule has 0 amide bonds. The molecule has 0 bridgehead atoms. The Balaban J connectivity index is 1.89. The van der Waals surface area contributed by atoms with Crippen LogP contribution in [0.5, 0.6) is 5.75 Å². The molecule has 0 N–H and O–H groups in total. The van der Waals surface area contributed by atoms with Crippen molar-refractivity contribution in [3.05, 3.63) is 95.6 Å². The molecule has 7 nitrogen and oxygen atoms in total. The molecule has 9 heteroatoms. The fourth-order valence-electron chi connectivity index (χ4n) is 3.71. The number of nitrogens with zero attached hydrogens (tertiary/aromatic N) is 2. The monoisotopic (exact) mass is 498 g/mol. The van der Waals surface area contributed by atoms with Gasteiger partial charge in [-0.2, -0.15) is 0 Å².